The maximum absolute atomic E-state index is 12.2. The number of carbonyl (C=O) groups excluding carboxylic acids is 2. The lowest BCUT2D eigenvalue weighted by Gasteiger charge is -2.16. The molecule has 2 amide bonds. The predicted octanol–water partition coefficient (Wildman–Crippen LogP) is 0.413. The number of aromatic nitrogens is 2. The molecule has 0 spiro atoms. The third kappa shape index (κ3) is 2.55. The summed E-state index contributed by atoms with van der Waals surface area (Å²) in [7, 11) is 0. The molecule has 1 aliphatic heterocycles. The van der Waals surface area contributed by atoms with E-state index in [2.05, 4.69) is 15.5 Å². The van der Waals surface area contributed by atoms with Gasteiger partial charge in [-0.25, -0.2) is 0 Å². The van der Waals surface area contributed by atoms with Crippen molar-refractivity contribution in [2.45, 2.75) is 19.4 Å². The second kappa shape index (κ2) is 5.76. The fraction of sp³-hybridized carbons (Fsp3) is 0.400. The number of anilines is 1. The number of para-hydroxylation sites is 1. The standard InChI is InChI=1S/C15H18N4O3/c1-9(8-20)16-15(22)10-6-13(21)19(7-10)14-11-4-2-3-5-12(11)17-18-14/h2-5,9-10,20H,6-8H2,1H3,(H,16,22)(H,17,18)/t9-,10-/m1/s1. The average Bonchev–Trinajstić information content (AvgIpc) is 3.10. The lowest BCUT2D eigenvalue weighted by Crippen LogP contribution is -2.40. The van der Waals surface area contributed by atoms with Gasteiger partial charge in [-0.2, -0.15) is 5.10 Å². The molecule has 2 aromatic rings. The number of hydrogen-bond donors (Lipinski definition) is 3. The van der Waals surface area contributed by atoms with Crippen molar-refractivity contribution < 1.29 is 14.7 Å². The first-order valence-corrected chi connectivity index (χ1v) is 7.25. The van der Waals surface area contributed by atoms with Crippen LogP contribution in [-0.2, 0) is 9.59 Å². The van der Waals surface area contributed by atoms with Crippen LogP contribution in [0.1, 0.15) is 13.3 Å². The number of aliphatic hydroxyl groups excluding tert-OH is 1. The van der Waals surface area contributed by atoms with Crippen LogP contribution in [0.3, 0.4) is 0 Å². The molecule has 1 fully saturated rings. The van der Waals surface area contributed by atoms with Gasteiger partial charge in [-0.05, 0) is 19.1 Å². The summed E-state index contributed by atoms with van der Waals surface area (Å²) in [4.78, 5) is 25.9. The minimum atomic E-state index is -0.419. The van der Waals surface area contributed by atoms with Crippen molar-refractivity contribution in [1.29, 1.82) is 0 Å². The van der Waals surface area contributed by atoms with Gasteiger partial charge >= 0.3 is 0 Å². The molecule has 116 valence electrons. The Hall–Kier alpha value is -2.41. The Morgan fingerprint density at radius 2 is 2.32 bits per heavy atom. The molecule has 3 rings (SSSR count). The molecule has 0 saturated carbocycles. The highest BCUT2D eigenvalue weighted by Crippen LogP contribution is 2.29. The number of rotatable bonds is 4. The van der Waals surface area contributed by atoms with Crippen LogP contribution in [0.5, 0.6) is 0 Å². The molecule has 1 aliphatic rings. The maximum Gasteiger partial charge on any atom is 0.229 e. The monoisotopic (exact) mass is 302 g/mol. The zero-order chi connectivity index (χ0) is 15.7. The fourth-order valence-electron chi connectivity index (χ4n) is 2.65. The Labute approximate surface area is 127 Å². The summed E-state index contributed by atoms with van der Waals surface area (Å²) < 4.78 is 0. The predicted molar refractivity (Wildman–Crippen MR) is 81.2 cm³/mol. The normalized spacial score (nSPS) is 19.6. The first kappa shape index (κ1) is 14.5. The Kier molecular flexibility index (Phi) is 3.81. The van der Waals surface area contributed by atoms with Gasteiger partial charge in [-0.1, -0.05) is 12.1 Å². The topological polar surface area (TPSA) is 98.3 Å². The maximum atomic E-state index is 12.2. The van der Waals surface area contributed by atoms with Crippen LogP contribution >= 0.6 is 0 Å². The molecule has 1 aromatic carbocycles. The van der Waals surface area contributed by atoms with E-state index in [1.165, 1.54) is 0 Å². The Morgan fingerprint density at radius 1 is 1.55 bits per heavy atom. The smallest absolute Gasteiger partial charge is 0.229 e. The summed E-state index contributed by atoms with van der Waals surface area (Å²) >= 11 is 0. The number of aliphatic hydroxyl groups is 1. The van der Waals surface area contributed by atoms with Crippen molar-refractivity contribution in [3.63, 3.8) is 0 Å². The molecule has 1 aromatic heterocycles. The van der Waals surface area contributed by atoms with Crippen LogP contribution in [0, 0.1) is 5.92 Å². The van der Waals surface area contributed by atoms with Crippen LogP contribution in [0.25, 0.3) is 10.9 Å². The van der Waals surface area contributed by atoms with Crippen molar-refractivity contribution in [2.24, 2.45) is 5.92 Å². The number of hydrogen-bond acceptors (Lipinski definition) is 4. The summed E-state index contributed by atoms with van der Waals surface area (Å²) in [5, 5.41) is 19.7. The van der Waals surface area contributed by atoms with E-state index in [1.54, 1.807) is 11.8 Å². The van der Waals surface area contributed by atoms with Crippen molar-refractivity contribution in [3.8, 4) is 0 Å². The second-order valence-electron chi connectivity index (χ2n) is 5.59. The van der Waals surface area contributed by atoms with Gasteiger partial charge in [0.05, 0.1) is 18.0 Å². The van der Waals surface area contributed by atoms with Gasteiger partial charge < -0.3 is 10.4 Å². The van der Waals surface area contributed by atoms with Crippen LogP contribution in [-0.4, -0.2) is 46.3 Å². The quantitative estimate of drug-likeness (QED) is 0.762. The van der Waals surface area contributed by atoms with E-state index >= 15 is 0 Å². The van der Waals surface area contributed by atoms with Gasteiger partial charge in [-0.15, -0.1) is 0 Å². The van der Waals surface area contributed by atoms with E-state index in [1.807, 2.05) is 24.3 Å². The minimum Gasteiger partial charge on any atom is -0.394 e. The zero-order valence-electron chi connectivity index (χ0n) is 12.2. The summed E-state index contributed by atoms with van der Waals surface area (Å²) in [5.74, 6) is -0.186. The van der Waals surface area contributed by atoms with Crippen molar-refractivity contribution in [2.75, 3.05) is 18.1 Å². The van der Waals surface area contributed by atoms with Gasteiger partial charge in [0.2, 0.25) is 11.8 Å². The number of amides is 2. The van der Waals surface area contributed by atoms with Crippen LogP contribution in [0.15, 0.2) is 24.3 Å². The van der Waals surface area contributed by atoms with Crippen molar-refractivity contribution in [1.82, 2.24) is 15.5 Å². The molecular formula is C15H18N4O3. The van der Waals surface area contributed by atoms with E-state index < -0.39 is 5.92 Å². The largest absolute Gasteiger partial charge is 0.394 e. The average molecular weight is 302 g/mol. The molecule has 0 bridgehead atoms. The zero-order valence-corrected chi connectivity index (χ0v) is 12.2. The SMILES string of the molecule is C[C@H](CO)NC(=O)[C@@H]1CC(=O)N(c2n[nH]c3ccccc23)C1. The van der Waals surface area contributed by atoms with Crippen LogP contribution in [0.4, 0.5) is 5.82 Å². The molecule has 0 aliphatic carbocycles. The number of fused-ring (bicyclic) bond motifs is 1. The highest BCUT2D eigenvalue weighted by Gasteiger charge is 2.37. The highest BCUT2D eigenvalue weighted by molar-refractivity contribution is 6.05. The number of aromatic amines is 1. The van der Waals surface area contributed by atoms with Gasteiger partial charge in [0.1, 0.15) is 0 Å². The molecule has 0 unspecified atom stereocenters. The Morgan fingerprint density at radius 3 is 3.09 bits per heavy atom. The number of H-pyrrole nitrogens is 1. The van der Waals surface area contributed by atoms with E-state index in [4.69, 9.17) is 5.11 Å². The number of nitrogens with zero attached hydrogens (tertiary/aromatic N) is 2. The van der Waals surface area contributed by atoms with E-state index in [-0.39, 0.29) is 30.9 Å². The summed E-state index contributed by atoms with van der Waals surface area (Å²) in [6, 6.07) is 7.24. The third-order valence-electron chi connectivity index (χ3n) is 3.86. The third-order valence-corrected chi connectivity index (χ3v) is 3.86. The van der Waals surface area contributed by atoms with Crippen LogP contribution in [0.2, 0.25) is 0 Å². The first-order chi connectivity index (χ1) is 10.6. The summed E-state index contributed by atoms with van der Waals surface area (Å²) in [5.41, 5.74) is 0.854. The Bertz CT molecular complexity index is 712. The molecule has 0 radical (unpaired) electrons. The van der Waals surface area contributed by atoms with E-state index in [9.17, 15) is 9.59 Å². The number of benzene rings is 1. The fourth-order valence-corrected chi connectivity index (χ4v) is 2.65. The van der Waals surface area contributed by atoms with Gasteiger partial charge in [0.25, 0.3) is 0 Å². The van der Waals surface area contributed by atoms with Crippen LogP contribution < -0.4 is 10.2 Å². The molecular weight excluding hydrogens is 284 g/mol. The van der Waals surface area contributed by atoms with E-state index in [0.717, 1.165) is 10.9 Å². The molecule has 7 heteroatoms. The first-order valence-electron chi connectivity index (χ1n) is 7.25. The highest BCUT2D eigenvalue weighted by atomic mass is 16.3. The van der Waals surface area contributed by atoms with Crippen molar-refractivity contribution >= 4 is 28.5 Å². The van der Waals surface area contributed by atoms with Gasteiger partial charge in [0, 0.05) is 24.4 Å². The molecule has 2 atom stereocenters. The lowest BCUT2D eigenvalue weighted by molar-refractivity contribution is -0.127. The van der Waals surface area contributed by atoms with Gasteiger partial charge in [-0.3, -0.25) is 19.6 Å². The molecule has 22 heavy (non-hydrogen) atoms. The molecule has 2 heterocycles. The second-order valence-corrected chi connectivity index (χ2v) is 5.59. The molecule has 3 N–H and O–H groups in total. The van der Waals surface area contributed by atoms with Gasteiger partial charge in [0.15, 0.2) is 5.82 Å². The molecule has 1 saturated heterocycles. The Balaban J connectivity index is 1.79. The van der Waals surface area contributed by atoms with Crippen molar-refractivity contribution in [3.05, 3.63) is 24.3 Å². The van der Waals surface area contributed by atoms with E-state index in [0.29, 0.717) is 12.4 Å². The number of nitrogens with one attached hydrogen (secondary N) is 2. The minimum absolute atomic E-state index is 0.117. The molecule has 7 nitrogen and oxygen atoms in total. The lowest BCUT2D eigenvalue weighted by atomic mass is 10.1. The summed E-state index contributed by atoms with van der Waals surface area (Å²) in [6.45, 7) is 1.89. The number of carbonyl (C=O) groups is 2. The summed E-state index contributed by atoms with van der Waals surface area (Å²) in [6.07, 6.45) is 0.158.